The van der Waals surface area contributed by atoms with Gasteiger partial charge >= 0.3 is 0 Å². The molecule has 110 valence electrons. The second kappa shape index (κ2) is 6.26. The zero-order valence-corrected chi connectivity index (χ0v) is 12.6. The number of rotatable bonds is 4. The summed E-state index contributed by atoms with van der Waals surface area (Å²) in [6, 6.07) is 17.5. The third kappa shape index (κ3) is 3.41. The number of aromatic nitrogens is 2. The fraction of sp³-hybridized carbons (Fsp3) is 0.111. The van der Waals surface area contributed by atoms with Crippen molar-refractivity contribution in [3.05, 3.63) is 72.1 Å². The topological polar surface area (TPSA) is 47.0 Å². The van der Waals surface area contributed by atoms with Crippen LogP contribution in [0.25, 0.3) is 0 Å². The Hall–Kier alpha value is -2.88. The van der Waals surface area contributed by atoms with Crippen molar-refractivity contribution in [2.75, 3.05) is 5.32 Å². The summed E-state index contributed by atoms with van der Waals surface area (Å²) in [5.41, 5.74) is 2.95. The fourth-order valence-electron chi connectivity index (χ4n) is 2.06. The van der Waals surface area contributed by atoms with E-state index in [4.69, 9.17) is 4.74 Å². The van der Waals surface area contributed by atoms with E-state index in [0.29, 0.717) is 5.88 Å². The van der Waals surface area contributed by atoms with E-state index in [-0.39, 0.29) is 0 Å². The number of pyridine rings is 2. The van der Waals surface area contributed by atoms with Gasteiger partial charge in [-0.3, -0.25) is 0 Å². The highest BCUT2D eigenvalue weighted by Gasteiger charge is 2.02. The van der Waals surface area contributed by atoms with Crippen LogP contribution in [0, 0.1) is 13.8 Å². The molecule has 3 aromatic rings. The van der Waals surface area contributed by atoms with Gasteiger partial charge in [0.25, 0.3) is 0 Å². The number of hydrogen-bond donors (Lipinski definition) is 1. The minimum Gasteiger partial charge on any atom is -0.439 e. The van der Waals surface area contributed by atoms with E-state index in [1.807, 2.05) is 68.4 Å². The highest BCUT2D eigenvalue weighted by atomic mass is 16.5. The summed E-state index contributed by atoms with van der Waals surface area (Å²) in [4.78, 5) is 8.64. The van der Waals surface area contributed by atoms with Gasteiger partial charge in [0, 0.05) is 23.1 Å². The molecule has 0 atom stereocenters. The minimum atomic E-state index is 0.628. The molecule has 2 heterocycles. The molecule has 1 aromatic carbocycles. The molecule has 2 aromatic heterocycles. The number of ether oxygens (including phenoxy) is 1. The molecule has 0 amide bonds. The first-order chi connectivity index (χ1) is 10.7. The van der Waals surface area contributed by atoms with Crippen LogP contribution in [0.4, 0.5) is 11.5 Å². The van der Waals surface area contributed by atoms with Gasteiger partial charge in [-0.1, -0.05) is 12.1 Å². The van der Waals surface area contributed by atoms with Crippen molar-refractivity contribution in [3.8, 4) is 11.6 Å². The predicted octanol–water partition coefficient (Wildman–Crippen LogP) is 4.63. The summed E-state index contributed by atoms with van der Waals surface area (Å²) in [6.07, 6.45) is 1.72. The van der Waals surface area contributed by atoms with E-state index in [0.717, 1.165) is 28.5 Å². The molecule has 0 aliphatic carbocycles. The van der Waals surface area contributed by atoms with Crippen molar-refractivity contribution in [1.29, 1.82) is 0 Å². The molecule has 3 rings (SSSR count). The number of benzene rings is 1. The smallest absolute Gasteiger partial charge is 0.222 e. The molecule has 0 unspecified atom stereocenters. The Bertz CT molecular complexity index is 769. The van der Waals surface area contributed by atoms with E-state index in [1.165, 1.54) is 0 Å². The summed E-state index contributed by atoms with van der Waals surface area (Å²) in [5.74, 6) is 2.21. The molecule has 0 aliphatic rings. The molecule has 1 N–H and O–H groups in total. The minimum absolute atomic E-state index is 0.628. The molecule has 4 heteroatoms. The zero-order valence-electron chi connectivity index (χ0n) is 12.6. The third-order valence-corrected chi connectivity index (χ3v) is 3.19. The maximum absolute atomic E-state index is 5.78. The fourth-order valence-corrected chi connectivity index (χ4v) is 2.06. The Morgan fingerprint density at radius 2 is 1.73 bits per heavy atom. The Morgan fingerprint density at radius 1 is 0.909 bits per heavy atom. The average molecular weight is 291 g/mol. The Kier molecular flexibility index (Phi) is 4.01. The average Bonchev–Trinajstić information content (AvgIpc) is 2.52. The number of hydrogen-bond acceptors (Lipinski definition) is 4. The van der Waals surface area contributed by atoms with E-state index in [1.54, 1.807) is 6.20 Å². The predicted molar refractivity (Wildman–Crippen MR) is 87.7 cm³/mol. The molecule has 0 radical (unpaired) electrons. The first-order valence-electron chi connectivity index (χ1n) is 7.11. The van der Waals surface area contributed by atoms with Gasteiger partial charge in [-0.25, -0.2) is 9.97 Å². The van der Waals surface area contributed by atoms with Gasteiger partial charge < -0.3 is 10.1 Å². The molecule has 0 bridgehead atoms. The Morgan fingerprint density at radius 3 is 2.45 bits per heavy atom. The van der Waals surface area contributed by atoms with Gasteiger partial charge in [-0.2, -0.15) is 0 Å². The van der Waals surface area contributed by atoms with Crippen LogP contribution in [0.15, 0.2) is 60.8 Å². The van der Waals surface area contributed by atoms with Gasteiger partial charge in [0.1, 0.15) is 11.6 Å². The molecule has 0 saturated heterocycles. The van der Waals surface area contributed by atoms with Crippen molar-refractivity contribution in [2.24, 2.45) is 0 Å². The van der Waals surface area contributed by atoms with E-state index < -0.39 is 0 Å². The van der Waals surface area contributed by atoms with Crippen LogP contribution < -0.4 is 10.1 Å². The number of nitrogens with one attached hydrogen (secondary N) is 1. The van der Waals surface area contributed by atoms with Crippen LogP contribution in [0.2, 0.25) is 0 Å². The summed E-state index contributed by atoms with van der Waals surface area (Å²) in [6.45, 7) is 3.94. The third-order valence-electron chi connectivity index (χ3n) is 3.19. The lowest BCUT2D eigenvalue weighted by Crippen LogP contribution is -1.95. The van der Waals surface area contributed by atoms with E-state index in [9.17, 15) is 0 Å². The first-order valence-corrected chi connectivity index (χ1v) is 7.11. The first kappa shape index (κ1) is 14.1. The van der Waals surface area contributed by atoms with Crippen LogP contribution in [0.5, 0.6) is 11.6 Å². The van der Waals surface area contributed by atoms with Gasteiger partial charge in [0.2, 0.25) is 5.88 Å². The maximum Gasteiger partial charge on any atom is 0.222 e. The van der Waals surface area contributed by atoms with Crippen LogP contribution in [0.1, 0.15) is 11.3 Å². The van der Waals surface area contributed by atoms with Crippen molar-refractivity contribution >= 4 is 11.5 Å². The second-order valence-electron chi connectivity index (χ2n) is 5.04. The SMILES string of the molecule is Cc1cccc(Nc2ccc(Oc3ncccc3C)cc2)n1. The summed E-state index contributed by atoms with van der Waals surface area (Å²) < 4.78 is 5.78. The summed E-state index contributed by atoms with van der Waals surface area (Å²) >= 11 is 0. The normalized spacial score (nSPS) is 10.3. The zero-order chi connectivity index (χ0) is 15.4. The molecule has 4 nitrogen and oxygen atoms in total. The summed E-state index contributed by atoms with van der Waals surface area (Å²) in [7, 11) is 0. The van der Waals surface area contributed by atoms with Crippen molar-refractivity contribution < 1.29 is 4.74 Å². The number of aryl methyl sites for hydroxylation is 2. The van der Waals surface area contributed by atoms with Gasteiger partial charge in [0.15, 0.2) is 0 Å². The quantitative estimate of drug-likeness (QED) is 0.761. The molecule has 0 saturated carbocycles. The van der Waals surface area contributed by atoms with Crippen LogP contribution in [0.3, 0.4) is 0 Å². The van der Waals surface area contributed by atoms with Gasteiger partial charge in [-0.05, 0) is 56.3 Å². The monoisotopic (exact) mass is 291 g/mol. The lowest BCUT2D eigenvalue weighted by atomic mass is 10.3. The number of nitrogens with zero attached hydrogens (tertiary/aromatic N) is 2. The highest BCUT2D eigenvalue weighted by Crippen LogP contribution is 2.24. The highest BCUT2D eigenvalue weighted by molar-refractivity contribution is 5.57. The van der Waals surface area contributed by atoms with Crippen molar-refractivity contribution in [2.45, 2.75) is 13.8 Å². The molecular formula is C18H17N3O. The molecule has 0 spiro atoms. The lowest BCUT2D eigenvalue weighted by Gasteiger charge is -2.09. The maximum atomic E-state index is 5.78. The van der Waals surface area contributed by atoms with E-state index in [2.05, 4.69) is 15.3 Å². The van der Waals surface area contributed by atoms with Crippen LogP contribution >= 0.6 is 0 Å². The Balaban J connectivity index is 1.72. The number of anilines is 2. The van der Waals surface area contributed by atoms with Crippen LogP contribution in [-0.4, -0.2) is 9.97 Å². The van der Waals surface area contributed by atoms with Crippen molar-refractivity contribution in [3.63, 3.8) is 0 Å². The standard InChI is InChI=1S/C18H17N3O/c1-13-5-4-12-19-18(13)22-16-10-8-15(9-11-16)21-17-7-3-6-14(2)20-17/h3-12H,1-2H3,(H,20,21). The molecule has 0 aliphatic heterocycles. The lowest BCUT2D eigenvalue weighted by molar-refractivity contribution is 0.459. The van der Waals surface area contributed by atoms with Gasteiger partial charge in [-0.15, -0.1) is 0 Å². The Labute approximate surface area is 129 Å². The van der Waals surface area contributed by atoms with Gasteiger partial charge in [0.05, 0.1) is 0 Å². The van der Waals surface area contributed by atoms with E-state index >= 15 is 0 Å². The van der Waals surface area contributed by atoms with Crippen LogP contribution in [-0.2, 0) is 0 Å². The molecule has 0 fully saturated rings. The second-order valence-corrected chi connectivity index (χ2v) is 5.04. The summed E-state index contributed by atoms with van der Waals surface area (Å²) in [5, 5.41) is 3.26. The molecular weight excluding hydrogens is 274 g/mol. The van der Waals surface area contributed by atoms with Crippen molar-refractivity contribution in [1.82, 2.24) is 9.97 Å². The largest absolute Gasteiger partial charge is 0.439 e. The molecule has 22 heavy (non-hydrogen) atoms.